The first-order valence-corrected chi connectivity index (χ1v) is 6.22. The molecule has 2 aromatic rings. The molecule has 2 rings (SSSR count). The highest BCUT2D eigenvalue weighted by Crippen LogP contribution is 2.16. The minimum atomic E-state index is 0.370. The average Bonchev–Trinajstić information content (AvgIpc) is 2.76. The van der Waals surface area contributed by atoms with Gasteiger partial charge in [0.25, 0.3) is 0 Å². The zero-order chi connectivity index (χ0) is 11.4. The molecule has 4 nitrogen and oxygen atoms in total. The molecule has 1 N–H and O–H groups in total. The van der Waals surface area contributed by atoms with Gasteiger partial charge >= 0.3 is 0 Å². The molecule has 0 unspecified atom stereocenters. The van der Waals surface area contributed by atoms with E-state index in [1.54, 1.807) is 12.1 Å². The monoisotopic (exact) mass is 255 g/mol. The van der Waals surface area contributed by atoms with Gasteiger partial charge < -0.3 is 4.74 Å². The number of halogens is 1. The Hall–Kier alpha value is -1.20. The van der Waals surface area contributed by atoms with Crippen LogP contribution in [0.2, 0.25) is 5.02 Å². The van der Waals surface area contributed by atoms with E-state index in [2.05, 4.69) is 15.2 Å². The van der Waals surface area contributed by atoms with Crippen molar-refractivity contribution < 1.29 is 4.74 Å². The Morgan fingerprint density at radius 3 is 2.75 bits per heavy atom. The van der Waals surface area contributed by atoms with Crippen LogP contribution in [0, 0.1) is 0 Å². The summed E-state index contributed by atoms with van der Waals surface area (Å²) in [6.45, 7) is 0.370. The predicted molar refractivity (Wildman–Crippen MR) is 63.9 cm³/mol. The second-order valence-electron chi connectivity index (χ2n) is 3.01. The molecule has 1 aromatic heterocycles. The fourth-order valence-corrected chi connectivity index (χ4v) is 1.58. The van der Waals surface area contributed by atoms with Gasteiger partial charge in [0.15, 0.2) is 5.82 Å². The molecule has 1 aromatic carbocycles. The van der Waals surface area contributed by atoms with Crippen molar-refractivity contribution in [2.24, 2.45) is 0 Å². The first kappa shape index (κ1) is 11.3. The van der Waals surface area contributed by atoms with Crippen LogP contribution in [0.4, 0.5) is 0 Å². The second kappa shape index (κ2) is 5.23. The molecule has 6 heteroatoms. The summed E-state index contributed by atoms with van der Waals surface area (Å²) >= 11 is 7.25. The van der Waals surface area contributed by atoms with Gasteiger partial charge in [-0.2, -0.15) is 0 Å². The molecule has 0 radical (unpaired) electrons. The van der Waals surface area contributed by atoms with Crippen molar-refractivity contribution in [2.45, 2.75) is 11.8 Å². The number of hydrogen-bond acceptors (Lipinski definition) is 4. The Bertz CT molecular complexity index is 457. The van der Waals surface area contributed by atoms with E-state index in [0.29, 0.717) is 17.5 Å². The number of thioether (sulfide) groups is 1. The molecule has 0 bridgehead atoms. The molecule has 0 amide bonds. The third-order valence-corrected chi connectivity index (χ3v) is 2.68. The van der Waals surface area contributed by atoms with Crippen molar-refractivity contribution in [3.8, 4) is 5.75 Å². The molecule has 16 heavy (non-hydrogen) atoms. The molecule has 0 aliphatic carbocycles. The third kappa shape index (κ3) is 2.90. The van der Waals surface area contributed by atoms with E-state index in [-0.39, 0.29) is 0 Å². The van der Waals surface area contributed by atoms with E-state index in [1.165, 1.54) is 11.8 Å². The number of aromatic nitrogens is 3. The Kier molecular flexibility index (Phi) is 3.69. The molecule has 0 saturated heterocycles. The Morgan fingerprint density at radius 2 is 2.12 bits per heavy atom. The van der Waals surface area contributed by atoms with Crippen LogP contribution in [-0.4, -0.2) is 21.4 Å². The van der Waals surface area contributed by atoms with Crippen molar-refractivity contribution >= 4 is 23.4 Å². The topological polar surface area (TPSA) is 50.8 Å². The van der Waals surface area contributed by atoms with Crippen molar-refractivity contribution in [2.75, 3.05) is 6.26 Å². The van der Waals surface area contributed by atoms with E-state index < -0.39 is 0 Å². The first-order valence-electron chi connectivity index (χ1n) is 4.61. The maximum Gasteiger partial charge on any atom is 0.208 e. The standard InChI is InChI=1S/C10H10ClN3OS/c1-16-10-12-9(13-14-10)6-15-8-4-2-7(11)3-5-8/h2-5H,6H2,1H3,(H,12,13,14). The predicted octanol–water partition coefficient (Wildman–Crippen LogP) is 2.76. The molecule has 84 valence electrons. The van der Waals surface area contributed by atoms with Gasteiger partial charge in [-0.3, -0.25) is 5.10 Å². The van der Waals surface area contributed by atoms with E-state index in [4.69, 9.17) is 16.3 Å². The highest BCUT2D eigenvalue weighted by molar-refractivity contribution is 7.98. The molecule has 0 fully saturated rings. The highest BCUT2D eigenvalue weighted by Gasteiger charge is 2.02. The second-order valence-corrected chi connectivity index (χ2v) is 4.22. The van der Waals surface area contributed by atoms with E-state index in [9.17, 15) is 0 Å². The average molecular weight is 256 g/mol. The van der Waals surface area contributed by atoms with Gasteiger partial charge in [0.1, 0.15) is 12.4 Å². The maximum absolute atomic E-state index is 5.76. The number of ether oxygens (including phenoxy) is 1. The van der Waals surface area contributed by atoms with Gasteiger partial charge in [0.2, 0.25) is 5.16 Å². The van der Waals surface area contributed by atoms with Gasteiger partial charge in [-0.1, -0.05) is 23.4 Å². The summed E-state index contributed by atoms with van der Waals surface area (Å²) in [6.07, 6.45) is 1.92. The molecule has 0 atom stereocenters. The van der Waals surface area contributed by atoms with Gasteiger partial charge in [0.05, 0.1) is 0 Å². The van der Waals surface area contributed by atoms with Crippen molar-refractivity contribution in [3.05, 3.63) is 35.1 Å². The van der Waals surface area contributed by atoms with Crippen LogP contribution >= 0.6 is 23.4 Å². The number of benzene rings is 1. The molecule has 0 spiro atoms. The lowest BCUT2D eigenvalue weighted by Crippen LogP contribution is -1.97. The van der Waals surface area contributed by atoms with Crippen molar-refractivity contribution in [1.82, 2.24) is 15.2 Å². The molecular formula is C10H10ClN3OS. The van der Waals surface area contributed by atoms with E-state index in [0.717, 1.165) is 10.9 Å². The van der Waals surface area contributed by atoms with Crippen molar-refractivity contribution in [1.29, 1.82) is 0 Å². The smallest absolute Gasteiger partial charge is 0.208 e. The number of nitrogens with zero attached hydrogens (tertiary/aromatic N) is 2. The number of aromatic amines is 1. The summed E-state index contributed by atoms with van der Waals surface area (Å²) in [5, 5.41) is 8.20. The maximum atomic E-state index is 5.76. The Labute approximate surface area is 102 Å². The third-order valence-electron chi connectivity index (χ3n) is 1.88. The van der Waals surface area contributed by atoms with Crippen LogP contribution in [0.5, 0.6) is 5.75 Å². The Morgan fingerprint density at radius 1 is 1.38 bits per heavy atom. The van der Waals surface area contributed by atoms with Crippen LogP contribution in [0.15, 0.2) is 29.4 Å². The molecule has 0 aliphatic heterocycles. The zero-order valence-electron chi connectivity index (χ0n) is 8.61. The SMILES string of the molecule is CSc1n[nH]c(COc2ccc(Cl)cc2)n1. The normalized spacial score (nSPS) is 10.4. The van der Waals surface area contributed by atoms with Crippen LogP contribution in [0.3, 0.4) is 0 Å². The minimum absolute atomic E-state index is 0.370. The molecule has 0 aliphatic rings. The number of nitrogens with one attached hydrogen (secondary N) is 1. The summed E-state index contributed by atoms with van der Waals surface area (Å²) in [4.78, 5) is 4.21. The summed E-state index contributed by atoms with van der Waals surface area (Å²) < 4.78 is 5.50. The van der Waals surface area contributed by atoms with E-state index in [1.807, 2.05) is 18.4 Å². The van der Waals surface area contributed by atoms with Gasteiger partial charge in [0, 0.05) is 5.02 Å². The highest BCUT2D eigenvalue weighted by atomic mass is 35.5. The van der Waals surface area contributed by atoms with Crippen LogP contribution in [0.25, 0.3) is 0 Å². The quantitative estimate of drug-likeness (QED) is 0.854. The fourth-order valence-electron chi connectivity index (χ4n) is 1.12. The number of rotatable bonds is 4. The lowest BCUT2D eigenvalue weighted by atomic mass is 10.3. The first-order chi connectivity index (χ1) is 7.78. The lowest BCUT2D eigenvalue weighted by Gasteiger charge is -2.02. The van der Waals surface area contributed by atoms with Crippen LogP contribution in [0.1, 0.15) is 5.82 Å². The number of H-pyrrole nitrogens is 1. The largest absolute Gasteiger partial charge is 0.486 e. The number of hydrogen-bond donors (Lipinski definition) is 1. The van der Waals surface area contributed by atoms with Crippen molar-refractivity contribution in [3.63, 3.8) is 0 Å². The zero-order valence-corrected chi connectivity index (χ0v) is 10.2. The van der Waals surface area contributed by atoms with Gasteiger partial charge in [-0.05, 0) is 30.5 Å². The van der Waals surface area contributed by atoms with Gasteiger partial charge in [-0.15, -0.1) is 5.10 Å². The summed E-state index contributed by atoms with van der Waals surface area (Å²) in [6, 6.07) is 7.19. The lowest BCUT2D eigenvalue weighted by molar-refractivity contribution is 0.296. The minimum Gasteiger partial charge on any atom is -0.486 e. The molecule has 0 saturated carbocycles. The van der Waals surface area contributed by atoms with E-state index >= 15 is 0 Å². The Balaban J connectivity index is 1.94. The fraction of sp³-hybridized carbons (Fsp3) is 0.200. The van der Waals surface area contributed by atoms with Gasteiger partial charge in [-0.25, -0.2) is 4.98 Å². The van der Waals surface area contributed by atoms with Crippen LogP contribution < -0.4 is 4.74 Å². The summed E-state index contributed by atoms with van der Waals surface area (Å²) in [7, 11) is 0. The molecular weight excluding hydrogens is 246 g/mol. The summed E-state index contributed by atoms with van der Waals surface area (Å²) in [5.74, 6) is 1.46. The summed E-state index contributed by atoms with van der Waals surface area (Å²) in [5.41, 5.74) is 0. The van der Waals surface area contributed by atoms with Crippen LogP contribution in [-0.2, 0) is 6.61 Å². The molecule has 1 heterocycles.